The van der Waals surface area contributed by atoms with Crippen LogP contribution in [0.2, 0.25) is 5.15 Å². The zero-order valence-corrected chi connectivity index (χ0v) is 9.86. The summed E-state index contributed by atoms with van der Waals surface area (Å²) in [5.74, 6) is -0.987. The van der Waals surface area contributed by atoms with Crippen molar-refractivity contribution in [3.05, 3.63) is 16.1 Å². The van der Waals surface area contributed by atoms with Gasteiger partial charge in [0, 0.05) is 6.07 Å². The zero-order chi connectivity index (χ0) is 6.85. The molecular weight excluding hydrogens is 201 g/mol. The van der Waals surface area contributed by atoms with Gasteiger partial charge in [0.15, 0.2) is 0 Å². The molecule has 0 atom stereocenters. The molecule has 0 spiro atoms. The number of rotatable bonds is 1. The summed E-state index contributed by atoms with van der Waals surface area (Å²) in [6, 6.07) is 1.31. The standard InChI is InChI=1S/C4H2ClNO2S.K.H/c5-3-1-2(4(7)8)9-6-3;;/h1H,(H,7,8);;/q;+1;-1. The molecule has 0 saturated carbocycles. The van der Waals surface area contributed by atoms with Gasteiger partial charge in [0.2, 0.25) is 0 Å². The van der Waals surface area contributed by atoms with Crippen LogP contribution in [0.4, 0.5) is 0 Å². The number of carboxylic acids is 1. The van der Waals surface area contributed by atoms with E-state index in [1.165, 1.54) is 6.07 Å². The third-order valence-corrected chi connectivity index (χ3v) is 1.76. The normalized spacial score (nSPS) is 8.50. The second kappa shape index (κ2) is 4.81. The van der Waals surface area contributed by atoms with Crippen LogP contribution < -0.4 is 51.4 Å². The van der Waals surface area contributed by atoms with Crippen molar-refractivity contribution >= 4 is 29.1 Å². The second-order valence-electron chi connectivity index (χ2n) is 1.32. The van der Waals surface area contributed by atoms with E-state index in [4.69, 9.17) is 16.7 Å². The first-order valence-electron chi connectivity index (χ1n) is 2.05. The number of nitrogens with zero attached hydrogens (tertiary/aromatic N) is 1. The van der Waals surface area contributed by atoms with Crippen molar-refractivity contribution < 1.29 is 62.7 Å². The predicted molar refractivity (Wildman–Crippen MR) is 35.2 cm³/mol. The maximum absolute atomic E-state index is 10.1. The van der Waals surface area contributed by atoms with E-state index in [1.807, 2.05) is 0 Å². The zero-order valence-electron chi connectivity index (χ0n) is 6.17. The van der Waals surface area contributed by atoms with Crippen molar-refractivity contribution in [2.24, 2.45) is 0 Å². The van der Waals surface area contributed by atoms with Crippen LogP contribution >= 0.6 is 23.1 Å². The molecule has 0 aromatic carbocycles. The third-order valence-electron chi connectivity index (χ3n) is 0.692. The van der Waals surface area contributed by atoms with Gasteiger partial charge in [-0.15, -0.1) is 0 Å². The molecule has 1 heterocycles. The van der Waals surface area contributed by atoms with E-state index in [-0.39, 0.29) is 62.8 Å². The topological polar surface area (TPSA) is 50.2 Å². The molecular formula is C4H3ClKNO2S. The molecule has 1 N–H and O–H groups in total. The third kappa shape index (κ3) is 2.96. The Morgan fingerprint density at radius 1 is 1.90 bits per heavy atom. The largest absolute Gasteiger partial charge is 1.00 e. The SMILES string of the molecule is O=C(O)c1cc(Cl)ns1.[H-].[K+]. The summed E-state index contributed by atoms with van der Waals surface area (Å²) in [5.41, 5.74) is 0. The molecule has 0 amide bonds. The van der Waals surface area contributed by atoms with Crippen molar-refractivity contribution in [1.29, 1.82) is 0 Å². The molecule has 6 heteroatoms. The second-order valence-corrected chi connectivity index (χ2v) is 2.51. The van der Waals surface area contributed by atoms with Gasteiger partial charge >= 0.3 is 57.4 Å². The van der Waals surface area contributed by atoms with Crippen molar-refractivity contribution in [2.45, 2.75) is 0 Å². The van der Waals surface area contributed by atoms with E-state index in [2.05, 4.69) is 4.37 Å². The maximum Gasteiger partial charge on any atom is 1.00 e. The molecule has 10 heavy (non-hydrogen) atoms. The Kier molecular flexibility index (Phi) is 5.31. The molecule has 1 aromatic heterocycles. The van der Waals surface area contributed by atoms with Gasteiger partial charge in [-0.2, -0.15) is 4.37 Å². The summed E-state index contributed by atoms with van der Waals surface area (Å²) < 4.78 is 3.56. The smallest absolute Gasteiger partial charge is 1.00 e. The Morgan fingerprint density at radius 2 is 2.50 bits per heavy atom. The molecule has 0 radical (unpaired) electrons. The van der Waals surface area contributed by atoms with Gasteiger partial charge in [0.1, 0.15) is 10.0 Å². The fourth-order valence-electron chi connectivity index (χ4n) is 0.354. The van der Waals surface area contributed by atoms with Crippen molar-refractivity contribution in [1.82, 2.24) is 4.37 Å². The monoisotopic (exact) mass is 203 g/mol. The van der Waals surface area contributed by atoms with E-state index in [9.17, 15) is 4.79 Å². The first-order chi connectivity index (χ1) is 4.20. The first kappa shape index (κ1) is 11.0. The minimum atomic E-state index is -0.987. The number of hydrogen-bond donors (Lipinski definition) is 1. The van der Waals surface area contributed by atoms with Gasteiger partial charge in [0.05, 0.1) is 0 Å². The number of aromatic nitrogens is 1. The Bertz CT molecular complexity index is 244. The number of carboxylic acid groups (broad SMARTS) is 1. The Morgan fingerprint density at radius 3 is 2.70 bits per heavy atom. The summed E-state index contributed by atoms with van der Waals surface area (Å²) in [5, 5.41) is 8.54. The fraction of sp³-hybridized carbons (Fsp3) is 0. The molecule has 0 aliphatic rings. The Balaban J connectivity index is 0. The van der Waals surface area contributed by atoms with Crippen molar-refractivity contribution in [2.75, 3.05) is 0 Å². The summed E-state index contributed by atoms with van der Waals surface area (Å²) in [4.78, 5) is 10.3. The molecule has 1 rings (SSSR count). The number of aromatic carboxylic acids is 1. The quantitative estimate of drug-likeness (QED) is 0.572. The van der Waals surface area contributed by atoms with Crippen LogP contribution in [0.15, 0.2) is 6.07 Å². The van der Waals surface area contributed by atoms with E-state index in [0.29, 0.717) is 0 Å². The molecule has 3 nitrogen and oxygen atoms in total. The minimum Gasteiger partial charge on any atom is -1.00 e. The van der Waals surface area contributed by atoms with Crippen LogP contribution in [0.5, 0.6) is 0 Å². The van der Waals surface area contributed by atoms with Crippen LogP contribution in [-0.2, 0) is 0 Å². The first-order valence-corrected chi connectivity index (χ1v) is 3.21. The molecule has 0 aliphatic carbocycles. The summed E-state index contributed by atoms with van der Waals surface area (Å²) >= 11 is 6.22. The Hall–Kier alpha value is 1.03. The summed E-state index contributed by atoms with van der Waals surface area (Å²) in [6.45, 7) is 0. The summed E-state index contributed by atoms with van der Waals surface area (Å²) in [7, 11) is 0. The van der Waals surface area contributed by atoms with Gasteiger partial charge in [0.25, 0.3) is 0 Å². The van der Waals surface area contributed by atoms with E-state index < -0.39 is 5.97 Å². The molecule has 0 aliphatic heterocycles. The van der Waals surface area contributed by atoms with Crippen LogP contribution in [0.3, 0.4) is 0 Å². The molecule has 0 unspecified atom stereocenters. The van der Waals surface area contributed by atoms with E-state index in [1.54, 1.807) is 0 Å². The van der Waals surface area contributed by atoms with Gasteiger partial charge < -0.3 is 6.53 Å². The van der Waals surface area contributed by atoms with Crippen LogP contribution in [-0.4, -0.2) is 15.4 Å². The Labute approximate surface area is 110 Å². The van der Waals surface area contributed by atoms with Crippen molar-refractivity contribution in [3.8, 4) is 0 Å². The molecule has 0 saturated heterocycles. The average Bonchev–Trinajstić information content (AvgIpc) is 2.14. The fourth-order valence-corrected chi connectivity index (χ4v) is 1.11. The van der Waals surface area contributed by atoms with Crippen molar-refractivity contribution in [3.63, 3.8) is 0 Å². The molecule has 50 valence electrons. The molecule has 0 fully saturated rings. The number of hydrogen-bond acceptors (Lipinski definition) is 3. The average molecular weight is 204 g/mol. The van der Waals surface area contributed by atoms with Gasteiger partial charge in [-0.3, -0.25) is 0 Å². The molecule has 0 bridgehead atoms. The predicted octanol–water partition coefficient (Wildman–Crippen LogP) is -1.39. The van der Waals surface area contributed by atoms with E-state index in [0.717, 1.165) is 11.5 Å². The number of halogens is 1. The molecule has 1 aromatic rings. The van der Waals surface area contributed by atoms with Crippen LogP contribution in [0.1, 0.15) is 11.1 Å². The van der Waals surface area contributed by atoms with Crippen LogP contribution in [0, 0.1) is 0 Å². The minimum absolute atomic E-state index is 0. The summed E-state index contributed by atoms with van der Waals surface area (Å²) in [6.07, 6.45) is 0. The number of carbonyl (C=O) groups is 1. The van der Waals surface area contributed by atoms with Gasteiger partial charge in [-0.25, -0.2) is 4.79 Å². The van der Waals surface area contributed by atoms with Gasteiger partial charge in [-0.1, -0.05) is 11.6 Å². The van der Waals surface area contributed by atoms with Crippen LogP contribution in [0.25, 0.3) is 0 Å². The van der Waals surface area contributed by atoms with Gasteiger partial charge in [-0.05, 0) is 11.5 Å². The maximum atomic E-state index is 10.1. The van der Waals surface area contributed by atoms with E-state index >= 15 is 0 Å².